The average Bonchev–Trinajstić information content (AvgIpc) is 2.81. The molecule has 2 aromatic rings. The first kappa shape index (κ1) is 26.6. The normalized spacial score (nSPS) is 11.8. The number of halogens is 3. The Balaban J connectivity index is 1.65. The fourth-order valence-electron chi connectivity index (χ4n) is 3.35. The summed E-state index contributed by atoms with van der Waals surface area (Å²) < 4.78 is 43.1. The predicted molar refractivity (Wildman–Crippen MR) is 125 cm³/mol. The third-order valence-corrected chi connectivity index (χ3v) is 5.27. The third kappa shape index (κ3) is 10.6. The lowest BCUT2D eigenvalue weighted by molar-refractivity contribution is -0.0885. The van der Waals surface area contributed by atoms with E-state index >= 15 is 0 Å². The number of carbonyl (C=O) groups excluding carboxylic acids is 1. The van der Waals surface area contributed by atoms with Crippen LogP contribution in [0.15, 0.2) is 58.8 Å². The largest absolute Gasteiger partial charge is 0.494 e. The van der Waals surface area contributed by atoms with Gasteiger partial charge in [-0.3, -0.25) is 4.79 Å². The van der Waals surface area contributed by atoms with Crippen LogP contribution in [0.1, 0.15) is 81.5 Å². The van der Waals surface area contributed by atoms with Gasteiger partial charge in [0.2, 0.25) is 0 Å². The van der Waals surface area contributed by atoms with Crippen LogP contribution >= 0.6 is 0 Å². The van der Waals surface area contributed by atoms with Crippen LogP contribution < -0.4 is 4.74 Å². The number of ether oxygens (including phenoxy) is 1. The first-order valence-electron chi connectivity index (χ1n) is 11.8. The molecule has 0 heterocycles. The summed E-state index contributed by atoms with van der Waals surface area (Å²) in [5.41, 5.74) is 0.525. The van der Waals surface area contributed by atoms with Crippen molar-refractivity contribution in [2.24, 2.45) is 10.2 Å². The minimum atomic E-state index is -4.89. The molecule has 2 rings (SSSR count). The average molecular weight is 463 g/mol. The minimum Gasteiger partial charge on any atom is -0.494 e. The Labute approximate surface area is 194 Å². The number of rotatable bonds is 15. The van der Waals surface area contributed by atoms with E-state index in [1.807, 2.05) is 12.1 Å². The first-order valence-corrected chi connectivity index (χ1v) is 11.8. The molecule has 7 heteroatoms. The van der Waals surface area contributed by atoms with Crippen molar-refractivity contribution in [1.82, 2.24) is 0 Å². The molecule has 0 aliphatic carbocycles. The second-order valence-electron chi connectivity index (χ2n) is 8.10. The Bertz CT molecular complexity index is 847. The number of azo groups is 1. The van der Waals surface area contributed by atoms with Crippen LogP contribution in [0.4, 0.5) is 24.5 Å². The molecule has 4 nitrogen and oxygen atoms in total. The van der Waals surface area contributed by atoms with Gasteiger partial charge in [0.05, 0.1) is 18.0 Å². The molecule has 2 aromatic carbocycles. The van der Waals surface area contributed by atoms with Crippen molar-refractivity contribution in [3.05, 3.63) is 54.1 Å². The molecule has 0 bridgehead atoms. The standard InChI is InChI=1S/C26H33F3N2O2/c1-2-3-4-5-6-7-8-9-10-11-20-33-24-18-16-23(17-19-24)31-30-22-14-12-21(13-15-22)25(32)26(27,28)29/h12-19H,2-11,20H2,1H3/b31-30+. The fourth-order valence-corrected chi connectivity index (χ4v) is 3.35. The van der Waals surface area contributed by atoms with E-state index in [9.17, 15) is 18.0 Å². The van der Waals surface area contributed by atoms with Crippen LogP contribution in [0.3, 0.4) is 0 Å². The summed E-state index contributed by atoms with van der Waals surface area (Å²) in [5.74, 6) is -1.11. The van der Waals surface area contributed by atoms with Crippen molar-refractivity contribution in [2.75, 3.05) is 6.61 Å². The molecule has 0 amide bonds. The lowest BCUT2D eigenvalue weighted by Gasteiger charge is -2.06. The lowest BCUT2D eigenvalue weighted by atomic mass is 10.1. The van der Waals surface area contributed by atoms with E-state index in [1.54, 1.807) is 12.1 Å². The van der Waals surface area contributed by atoms with Gasteiger partial charge in [-0.25, -0.2) is 0 Å². The van der Waals surface area contributed by atoms with E-state index in [2.05, 4.69) is 17.2 Å². The molecule has 0 N–H and O–H groups in total. The maximum atomic E-state index is 12.4. The SMILES string of the molecule is CCCCCCCCCCCCOc1ccc(/N=N/c2ccc(C(=O)C(F)(F)F)cc2)cc1. The summed E-state index contributed by atoms with van der Waals surface area (Å²) in [6.07, 6.45) is 7.93. The van der Waals surface area contributed by atoms with E-state index in [4.69, 9.17) is 4.74 Å². The van der Waals surface area contributed by atoms with Gasteiger partial charge in [0.1, 0.15) is 5.75 Å². The maximum Gasteiger partial charge on any atom is 0.454 e. The zero-order valence-corrected chi connectivity index (χ0v) is 19.2. The number of ketones is 1. The Kier molecular flexibility index (Phi) is 11.6. The van der Waals surface area contributed by atoms with Gasteiger partial charge in [0.15, 0.2) is 0 Å². The van der Waals surface area contributed by atoms with E-state index in [0.717, 1.165) is 24.3 Å². The van der Waals surface area contributed by atoms with Gasteiger partial charge in [-0.1, -0.05) is 64.7 Å². The van der Waals surface area contributed by atoms with Gasteiger partial charge in [-0.2, -0.15) is 23.4 Å². The number of alkyl halides is 3. The first-order chi connectivity index (χ1) is 15.9. The molecule has 0 saturated heterocycles. The maximum absolute atomic E-state index is 12.4. The Hall–Kier alpha value is -2.70. The Morgan fingerprint density at radius 2 is 1.18 bits per heavy atom. The topological polar surface area (TPSA) is 51.0 Å². The number of carbonyl (C=O) groups is 1. The number of unbranched alkanes of at least 4 members (excludes halogenated alkanes) is 9. The van der Waals surface area contributed by atoms with Gasteiger partial charge in [-0.15, -0.1) is 0 Å². The lowest BCUT2D eigenvalue weighted by Crippen LogP contribution is -2.22. The molecule has 0 saturated carbocycles. The fraction of sp³-hybridized carbons (Fsp3) is 0.500. The van der Waals surface area contributed by atoms with Crippen LogP contribution in [0, 0.1) is 0 Å². The van der Waals surface area contributed by atoms with Gasteiger partial charge in [0.25, 0.3) is 5.78 Å². The van der Waals surface area contributed by atoms with Crippen molar-refractivity contribution >= 4 is 17.2 Å². The summed E-state index contributed by atoms with van der Waals surface area (Å²) in [6.45, 7) is 2.92. The number of nitrogens with zero attached hydrogens (tertiary/aromatic N) is 2. The van der Waals surface area contributed by atoms with E-state index < -0.39 is 17.5 Å². The highest BCUT2D eigenvalue weighted by atomic mass is 19.4. The molecule has 0 aliphatic heterocycles. The van der Waals surface area contributed by atoms with Crippen molar-refractivity contribution < 1.29 is 22.7 Å². The van der Waals surface area contributed by atoms with Gasteiger partial charge in [0, 0.05) is 5.56 Å². The van der Waals surface area contributed by atoms with Crippen molar-refractivity contribution in [2.45, 2.75) is 77.3 Å². The van der Waals surface area contributed by atoms with Gasteiger partial charge >= 0.3 is 6.18 Å². The molecule has 0 aromatic heterocycles. The number of hydrogen-bond donors (Lipinski definition) is 0. The molecule has 33 heavy (non-hydrogen) atoms. The summed E-state index contributed by atoms with van der Waals surface area (Å²) >= 11 is 0. The summed E-state index contributed by atoms with van der Waals surface area (Å²) in [5, 5.41) is 8.06. The molecule has 180 valence electrons. The van der Waals surface area contributed by atoms with Gasteiger partial charge < -0.3 is 4.74 Å². The zero-order chi connectivity index (χ0) is 23.9. The molecular weight excluding hydrogens is 429 g/mol. The molecule has 0 spiro atoms. The minimum absolute atomic E-state index is 0.356. The number of Topliss-reactive ketones (excluding diaryl/α,β-unsaturated/α-hetero) is 1. The van der Waals surface area contributed by atoms with Crippen LogP contribution in [0.2, 0.25) is 0 Å². The molecule has 0 aliphatic rings. The van der Waals surface area contributed by atoms with Crippen molar-refractivity contribution in [3.8, 4) is 5.75 Å². The van der Waals surface area contributed by atoms with Crippen molar-refractivity contribution in [3.63, 3.8) is 0 Å². The Morgan fingerprint density at radius 1 is 0.727 bits per heavy atom. The van der Waals surface area contributed by atoms with Crippen LogP contribution in [0.5, 0.6) is 5.75 Å². The second-order valence-corrected chi connectivity index (χ2v) is 8.10. The van der Waals surface area contributed by atoms with E-state index in [1.165, 1.54) is 69.9 Å². The highest BCUT2D eigenvalue weighted by Gasteiger charge is 2.39. The second kappa shape index (κ2) is 14.4. The molecule has 0 fully saturated rings. The summed E-state index contributed by atoms with van der Waals surface area (Å²) in [4.78, 5) is 11.2. The predicted octanol–water partition coefficient (Wildman–Crippen LogP) is 9.15. The monoisotopic (exact) mass is 462 g/mol. The van der Waals surface area contributed by atoms with Crippen molar-refractivity contribution in [1.29, 1.82) is 0 Å². The third-order valence-electron chi connectivity index (χ3n) is 5.27. The van der Waals surface area contributed by atoms with Crippen LogP contribution in [0.25, 0.3) is 0 Å². The van der Waals surface area contributed by atoms with Crippen LogP contribution in [-0.4, -0.2) is 18.6 Å². The Morgan fingerprint density at radius 3 is 1.67 bits per heavy atom. The molecule has 0 atom stereocenters. The summed E-state index contributed by atoms with van der Waals surface area (Å²) in [7, 11) is 0. The molecular formula is C26H33F3N2O2. The number of benzene rings is 2. The highest BCUT2D eigenvalue weighted by Crippen LogP contribution is 2.25. The van der Waals surface area contributed by atoms with E-state index in [0.29, 0.717) is 18.0 Å². The molecule has 0 unspecified atom stereocenters. The smallest absolute Gasteiger partial charge is 0.454 e. The van der Waals surface area contributed by atoms with Crippen LogP contribution in [-0.2, 0) is 0 Å². The summed E-state index contributed by atoms with van der Waals surface area (Å²) in [6, 6.07) is 12.0. The quantitative estimate of drug-likeness (QED) is 0.150. The molecule has 0 radical (unpaired) electrons. The zero-order valence-electron chi connectivity index (χ0n) is 19.2. The highest BCUT2D eigenvalue weighted by molar-refractivity contribution is 6.00. The van der Waals surface area contributed by atoms with E-state index in [-0.39, 0.29) is 0 Å². The number of hydrogen-bond acceptors (Lipinski definition) is 4. The van der Waals surface area contributed by atoms with Gasteiger partial charge in [-0.05, 0) is 55.0 Å².